The van der Waals surface area contributed by atoms with E-state index in [1.807, 2.05) is 71.5 Å². The maximum absolute atomic E-state index is 12.3. The van der Waals surface area contributed by atoms with Gasteiger partial charge in [-0.15, -0.1) is 0 Å². The Morgan fingerprint density at radius 2 is 1.83 bits per heavy atom. The van der Waals surface area contributed by atoms with E-state index in [4.69, 9.17) is 9.26 Å². The van der Waals surface area contributed by atoms with E-state index in [1.165, 1.54) is 0 Å². The van der Waals surface area contributed by atoms with Crippen molar-refractivity contribution >= 4 is 5.91 Å². The highest BCUT2D eigenvalue weighted by atomic mass is 16.5. The second-order valence-electron chi connectivity index (χ2n) is 6.41. The van der Waals surface area contributed by atoms with Crippen LogP contribution in [-0.2, 0) is 13.0 Å². The SMILES string of the molecule is O=C(NCCc1cnn(-c2ccccc2)c1)c1cc(COc2ccccc2)on1. The van der Waals surface area contributed by atoms with Gasteiger partial charge in [-0.05, 0) is 36.2 Å². The van der Waals surface area contributed by atoms with Crippen molar-refractivity contribution in [1.29, 1.82) is 0 Å². The van der Waals surface area contributed by atoms with Crippen molar-refractivity contribution in [1.82, 2.24) is 20.3 Å². The van der Waals surface area contributed by atoms with E-state index in [0.717, 1.165) is 17.0 Å². The molecule has 0 aliphatic carbocycles. The van der Waals surface area contributed by atoms with E-state index in [9.17, 15) is 4.79 Å². The van der Waals surface area contributed by atoms with Gasteiger partial charge in [-0.3, -0.25) is 4.79 Å². The first kappa shape index (κ1) is 18.5. The van der Waals surface area contributed by atoms with Crippen LogP contribution in [0.25, 0.3) is 5.69 Å². The summed E-state index contributed by atoms with van der Waals surface area (Å²) in [5.74, 6) is 0.934. The second kappa shape index (κ2) is 8.88. The molecule has 4 rings (SSSR count). The van der Waals surface area contributed by atoms with Gasteiger partial charge in [0, 0.05) is 18.8 Å². The summed E-state index contributed by atoms with van der Waals surface area (Å²) in [6.07, 6.45) is 4.42. The zero-order chi connectivity index (χ0) is 19.9. The minimum atomic E-state index is -0.282. The number of benzene rings is 2. The van der Waals surface area contributed by atoms with Crippen LogP contribution in [0.3, 0.4) is 0 Å². The molecule has 7 nitrogen and oxygen atoms in total. The lowest BCUT2D eigenvalue weighted by molar-refractivity contribution is 0.0944. The molecule has 0 saturated heterocycles. The van der Waals surface area contributed by atoms with Gasteiger partial charge in [0.2, 0.25) is 0 Å². The van der Waals surface area contributed by atoms with Crippen molar-refractivity contribution in [2.45, 2.75) is 13.0 Å². The Bertz CT molecular complexity index is 1060. The average molecular weight is 388 g/mol. The molecule has 0 saturated carbocycles. The zero-order valence-corrected chi connectivity index (χ0v) is 15.7. The number of rotatable bonds is 8. The molecular weight excluding hydrogens is 368 g/mol. The highest BCUT2D eigenvalue weighted by Gasteiger charge is 2.13. The van der Waals surface area contributed by atoms with Gasteiger partial charge in [0.25, 0.3) is 5.91 Å². The largest absolute Gasteiger partial charge is 0.486 e. The number of amides is 1. The number of nitrogens with zero attached hydrogens (tertiary/aromatic N) is 3. The van der Waals surface area contributed by atoms with Gasteiger partial charge < -0.3 is 14.6 Å². The highest BCUT2D eigenvalue weighted by Crippen LogP contribution is 2.12. The maximum Gasteiger partial charge on any atom is 0.273 e. The normalized spacial score (nSPS) is 10.6. The van der Waals surface area contributed by atoms with Crippen LogP contribution in [0.1, 0.15) is 21.8 Å². The van der Waals surface area contributed by atoms with Crippen molar-refractivity contribution in [3.05, 3.63) is 96.1 Å². The van der Waals surface area contributed by atoms with E-state index in [0.29, 0.717) is 18.7 Å². The summed E-state index contributed by atoms with van der Waals surface area (Å²) in [6.45, 7) is 0.686. The molecule has 1 N–H and O–H groups in total. The molecule has 0 bridgehead atoms. The molecule has 1 amide bonds. The minimum Gasteiger partial charge on any atom is -0.486 e. The van der Waals surface area contributed by atoms with Gasteiger partial charge in [-0.25, -0.2) is 4.68 Å². The molecule has 0 aliphatic heterocycles. The number of hydrogen-bond acceptors (Lipinski definition) is 5. The lowest BCUT2D eigenvalue weighted by Gasteiger charge is -2.02. The molecule has 29 heavy (non-hydrogen) atoms. The molecular formula is C22H20N4O3. The first-order valence-electron chi connectivity index (χ1n) is 9.28. The Morgan fingerprint density at radius 3 is 2.62 bits per heavy atom. The lowest BCUT2D eigenvalue weighted by Crippen LogP contribution is -2.25. The summed E-state index contributed by atoms with van der Waals surface area (Å²) in [6, 6.07) is 20.9. The van der Waals surface area contributed by atoms with Crippen molar-refractivity contribution in [3.8, 4) is 11.4 Å². The number of hydrogen-bond donors (Lipinski definition) is 1. The Hall–Kier alpha value is -3.87. The third-order valence-corrected chi connectivity index (χ3v) is 4.27. The first-order chi connectivity index (χ1) is 14.3. The fraction of sp³-hybridized carbons (Fsp3) is 0.136. The molecule has 0 fully saturated rings. The summed E-state index contributed by atoms with van der Waals surface area (Å²) in [7, 11) is 0. The topological polar surface area (TPSA) is 82.2 Å². The van der Waals surface area contributed by atoms with Crippen molar-refractivity contribution in [3.63, 3.8) is 0 Å². The van der Waals surface area contributed by atoms with E-state index in [-0.39, 0.29) is 18.2 Å². The number of para-hydroxylation sites is 2. The Kier molecular flexibility index (Phi) is 5.66. The van der Waals surface area contributed by atoms with E-state index < -0.39 is 0 Å². The molecule has 4 aromatic rings. The van der Waals surface area contributed by atoms with Crippen LogP contribution in [0.4, 0.5) is 0 Å². The second-order valence-corrected chi connectivity index (χ2v) is 6.41. The molecule has 0 unspecified atom stereocenters. The van der Waals surface area contributed by atoms with Gasteiger partial charge >= 0.3 is 0 Å². The van der Waals surface area contributed by atoms with Crippen LogP contribution < -0.4 is 10.1 Å². The van der Waals surface area contributed by atoms with Crippen LogP contribution in [-0.4, -0.2) is 27.4 Å². The van der Waals surface area contributed by atoms with Crippen molar-refractivity contribution in [2.75, 3.05) is 6.54 Å². The number of carbonyl (C=O) groups is 1. The minimum absolute atomic E-state index is 0.211. The molecule has 2 aromatic carbocycles. The number of nitrogens with one attached hydrogen (secondary N) is 1. The summed E-state index contributed by atoms with van der Waals surface area (Å²) >= 11 is 0. The van der Waals surface area contributed by atoms with E-state index in [1.54, 1.807) is 12.3 Å². The summed E-state index contributed by atoms with van der Waals surface area (Å²) in [5.41, 5.74) is 2.26. The highest BCUT2D eigenvalue weighted by molar-refractivity contribution is 5.92. The number of ether oxygens (including phenoxy) is 1. The van der Waals surface area contributed by atoms with Crippen LogP contribution in [0.2, 0.25) is 0 Å². The molecule has 146 valence electrons. The Balaban J connectivity index is 1.25. The monoisotopic (exact) mass is 388 g/mol. The third-order valence-electron chi connectivity index (χ3n) is 4.27. The van der Waals surface area contributed by atoms with Gasteiger partial charge in [-0.2, -0.15) is 5.10 Å². The summed E-state index contributed by atoms with van der Waals surface area (Å²) < 4.78 is 12.6. The molecule has 0 atom stereocenters. The zero-order valence-electron chi connectivity index (χ0n) is 15.7. The van der Waals surface area contributed by atoms with Crippen LogP contribution >= 0.6 is 0 Å². The Labute approximate surface area is 167 Å². The summed E-state index contributed by atoms with van der Waals surface area (Å²) in [4.78, 5) is 12.3. The predicted molar refractivity (Wildman–Crippen MR) is 107 cm³/mol. The van der Waals surface area contributed by atoms with Gasteiger partial charge in [0.05, 0.1) is 11.9 Å². The van der Waals surface area contributed by atoms with Crippen LogP contribution in [0.15, 0.2) is 83.6 Å². The van der Waals surface area contributed by atoms with E-state index >= 15 is 0 Å². The van der Waals surface area contributed by atoms with Gasteiger partial charge in [0.15, 0.2) is 11.5 Å². The molecule has 0 aliphatic rings. The fourth-order valence-electron chi connectivity index (χ4n) is 2.78. The molecule has 2 heterocycles. The molecule has 7 heteroatoms. The Morgan fingerprint density at radius 1 is 1.07 bits per heavy atom. The van der Waals surface area contributed by atoms with E-state index in [2.05, 4.69) is 15.6 Å². The predicted octanol–water partition coefficient (Wildman–Crippen LogP) is 3.41. The number of carbonyl (C=O) groups excluding carboxylic acids is 1. The van der Waals surface area contributed by atoms with Crippen LogP contribution in [0.5, 0.6) is 5.75 Å². The third kappa shape index (κ3) is 4.90. The molecule has 0 spiro atoms. The quantitative estimate of drug-likeness (QED) is 0.500. The fourth-order valence-corrected chi connectivity index (χ4v) is 2.78. The lowest BCUT2D eigenvalue weighted by atomic mass is 10.2. The molecule has 2 aromatic heterocycles. The van der Waals surface area contributed by atoms with Crippen LogP contribution in [0, 0.1) is 0 Å². The number of aromatic nitrogens is 3. The maximum atomic E-state index is 12.3. The molecule has 0 radical (unpaired) electrons. The van der Waals surface area contributed by atoms with Crippen molar-refractivity contribution < 1.29 is 14.1 Å². The summed E-state index contributed by atoms with van der Waals surface area (Å²) in [5, 5.41) is 11.0. The smallest absolute Gasteiger partial charge is 0.273 e. The van der Waals surface area contributed by atoms with Gasteiger partial charge in [-0.1, -0.05) is 41.6 Å². The van der Waals surface area contributed by atoms with Crippen molar-refractivity contribution in [2.24, 2.45) is 0 Å². The standard InChI is InChI=1S/C22H20N4O3/c27-22(21-13-20(29-25-21)16-28-19-9-5-2-6-10-19)23-12-11-17-14-24-26(15-17)18-7-3-1-4-8-18/h1-10,13-15H,11-12,16H2,(H,23,27). The average Bonchev–Trinajstić information content (AvgIpc) is 3.44. The van der Waals surface area contributed by atoms with Gasteiger partial charge in [0.1, 0.15) is 12.4 Å². The first-order valence-corrected chi connectivity index (χ1v) is 9.28.